The van der Waals surface area contributed by atoms with E-state index >= 15 is 0 Å². The summed E-state index contributed by atoms with van der Waals surface area (Å²) in [4.78, 5) is 16.1. The second kappa shape index (κ2) is 10.8. The summed E-state index contributed by atoms with van der Waals surface area (Å²) < 4.78 is 5.33. The Labute approximate surface area is 154 Å². The van der Waals surface area contributed by atoms with Crippen molar-refractivity contribution in [2.45, 2.75) is 19.5 Å². The molecular weight excluding hydrogens is 328 g/mol. The van der Waals surface area contributed by atoms with Crippen LogP contribution in [0.1, 0.15) is 17.5 Å². The molecule has 0 spiro atoms. The van der Waals surface area contributed by atoms with Crippen molar-refractivity contribution in [3.8, 4) is 5.75 Å². The summed E-state index contributed by atoms with van der Waals surface area (Å²) in [5.41, 5.74) is 2.13. The van der Waals surface area contributed by atoms with Crippen molar-refractivity contribution in [3.05, 3.63) is 65.7 Å². The fraction of sp³-hybridized carbons (Fsp3) is 0.300. The molecule has 0 saturated carbocycles. The molecule has 2 rings (SSSR count). The fourth-order valence-corrected chi connectivity index (χ4v) is 2.43. The molecule has 0 radical (unpaired) electrons. The third-order valence-corrected chi connectivity index (χ3v) is 3.84. The minimum Gasteiger partial charge on any atom is -0.496 e. The second-order valence-corrected chi connectivity index (χ2v) is 5.68. The minimum absolute atomic E-state index is 0.00142. The van der Waals surface area contributed by atoms with E-state index < -0.39 is 0 Å². The van der Waals surface area contributed by atoms with Gasteiger partial charge in [0.15, 0.2) is 5.96 Å². The Morgan fingerprint density at radius 1 is 0.962 bits per heavy atom. The highest BCUT2D eigenvalue weighted by Crippen LogP contribution is 2.16. The van der Waals surface area contributed by atoms with Gasteiger partial charge in [-0.15, -0.1) is 0 Å². The second-order valence-electron chi connectivity index (χ2n) is 5.68. The van der Waals surface area contributed by atoms with E-state index in [0.29, 0.717) is 32.0 Å². The molecule has 3 N–H and O–H groups in total. The maximum absolute atomic E-state index is 11.9. The Kier molecular flexibility index (Phi) is 7.99. The predicted octanol–water partition coefficient (Wildman–Crippen LogP) is 2.07. The number of amides is 1. The van der Waals surface area contributed by atoms with Gasteiger partial charge >= 0.3 is 0 Å². The lowest BCUT2D eigenvalue weighted by Gasteiger charge is -2.13. The van der Waals surface area contributed by atoms with E-state index in [4.69, 9.17) is 4.74 Å². The molecule has 0 aromatic heterocycles. The first-order valence-corrected chi connectivity index (χ1v) is 8.60. The molecule has 2 aromatic carbocycles. The Balaban J connectivity index is 1.69. The number of carbonyl (C=O) groups excluding carboxylic acids is 1. The number of carbonyl (C=O) groups is 1. The van der Waals surface area contributed by atoms with Crippen LogP contribution in [0.4, 0.5) is 0 Å². The van der Waals surface area contributed by atoms with Crippen molar-refractivity contribution in [2.24, 2.45) is 4.99 Å². The number of nitrogens with zero attached hydrogens (tertiary/aromatic N) is 1. The lowest BCUT2D eigenvalue weighted by molar-refractivity contribution is -0.121. The molecule has 2 aromatic rings. The van der Waals surface area contributed by atoms with Crippen LogP contribution < -0.4 is 20.7 Å². The van der Waals surface area contributed by atoms with Crippen LogP contribution in [-0.4, -0.2) is 32.6 Å². The van der Waals surface area contributed by atoms with Crippen molar-refractivity contribution in [1.29, 1.82) is 0 Å². The molecule has 26 heavy (non-hydrogen) atoms. The predicted molar refractivity (Wildman–Crippen MR) is 104 cm³/mol. The van der Waals surface area contributed by atoms with E-state index in [-0.39, 0.29) is 5.91 Å². The van der Waals surface area contributed by atoms with Crippen LogP contribution in [0.25, 0.3) is 0 Å². The van der Waals surface area contributed by atoms with Gasteiger partial charge in [0, 0.05) is 38.7 Å². The van der Waals surface area contributed by atoms with Gasteiger partial charge in [0.1, 0.15) is 5.75 Å². The van der Waals surface area contributed by atoms with Crippen LogP contribution in [-0.2, 0) is 17.9 Å². The molecule has 0 aliphatic rings. The first-order valence-electron chi connectivity index (χ1n) is 8.60. The monoisotopic (exact) mass is 354 g/mol. The van der Waals surface area contributed by atoms with Gasteiger partial charge in [-0.2, -0.15) is 0 Å². The Morgan fingerprint density at radius 2 is 1.69 bits per heavy atom. The van der Waals surface area contributed by atoms with Crippen LogP contribution in [0.2, 0.25) is 0 Å². The summed E-state index contributed by atoms with van der Waals surface area (Å²) in [6, 6.07) is 17.7. The molecule has 0 saturated heterocycles. The molecule has 6 heteroatoms. The summed E-state index contributed by atoms with van der Waals surface area (Å²) in [5.74, 6) is 1.48. The van der Waals surface area contributed by atoms with Crippen LogP contribution in [0, 0.1) is 0 Å². The van der Waals surface area contributed by atoms with Crippen molar-refractivity contribution >= 4 is 11.9 Å². The van der Waals surface area contributed by atoms with Gasteiger partial charge < -0.3 is 20.7 Å². The molecule has 0 aliphatic carbocycles. The third kappa shape index (κ3) is 6.47. The zero-order valence-electron chi connectivity index (χ0n) is 15.3. The van der Waals surface area contributed by atoms with Crippen LogP contribution in [0.15, 0.2) is 59.6 Å². The van der Waals surface area contributed by atoms with Gasteiger partial charge in [-0.05, 0) is 11.6 Å². The lowest BCUT2D eigenvalue weighted by atomic mass is 10.2. The topological polar surface area (TPSA) is 74.8 Å². The van der Waals surface area contributed by atoms with Crippen LogP contribution >= 0.6 is 0 Å². The summed E-state index contributed by atoms with van der Waals surface area (Å²) in [5, 5.41) is 9.27. The average molecular weight is 354 g/mol. The van der Waals surface area contributed by atoms with E-state index in [9.17, 15) is 4.79 Å². The molecule has 138 valence electrons. The number of hydrogen-bond acceptors (Lipinski definition) is 3. The van der Waals surface area contributed by atoms with Gasteiger partial charge in [-0.3, -0.25) is 9.79 Å². The summed E-state index contributed by atoms with van der Waals surface area (Å²) in [7, 11) is 3.35. The molecule has 6 nitrogen and oxygen atoms in total. The van der Waals surface area contributed by atoms with Crippen LogP contribution in [0.3, 0.4) is 0 Å². The number of rotatable bonds is 8. The number of benzene rings is 2. The Morgan fingerprint density at radius 3 is 2.42 bits per heavy atom. The summed E-state index contributed by atoms with van der Waals surface area (Å²) in [6.07, 6.45) is 0.377. The zero-order valence-corrected chi connectivity index (χ0v) is 15.3. The molecule has 0 atom stereocenters. The Hall–Kier alpha value is -3.02. The lowest BCUT2D eigenvalue weighted by Crippen LogP contribution is -2.38. The number of nitrogens with one attached hydrogen (secondary N) is 3. The Bertz CT molecular complexity index is 717. The van der Waals surface area contributed by atoms with Crippen molar-refractivity contribution in [3.63, 3.8) is 0 Å². The minimum atomic E-state index is 0.00142. The van der Waals surface area contributed by atoms with E-state index in [1.165, 1.54) is 0 Å². The highest BCUT2D eigenvalue weighted by atomic mass is 16.5. The van der Waals surface area contributed by atoms with E-state index in [2.05, 4.69) is 20.9 Å². The fourth-order valence-electron chi connectivity index (χ4n) is 2.43. The number of para-hydroxylation sites is 1. The molecule has 0 heterocycles. The zero-order chi connectivity index (χ0) is 18.6. The largest absolute Gasteiger partial charge is 0.496 e. The number of guanidine groups is 1. The average Bonchev–Trinajstić information content (AvgIpc) is 2.70. The van der Waals surface area contributed by atoms with E-state index in [1.54, 1.807) is 14.2 Å². The standard InChI is InChI=1S/C20H26N4O2/c1-21-20(24-15-17-10-6-7-11-18(17)26-2)22-13-12-19(25)23-14-16-8-4-3-5-9-16/h3-11H,12-15H2,1-2H3,(H,23,25)(H2,21,22,24). The quantitative estimate of drug-likeness (QED) is 0.501. The third-order valence-electron chi connectivity index (χ3n) is 3.84. The number of methoxy groups -OCH3 is 1. The van der Waals surface area contributed by atoms with Gasteiger partial charge in [0.25, 0.3) is 0 Å². The normalized spacial score (nSPS) is 10.9. The summed E-state index contributed by atoms with van der Waals surface area (Å²) >= 11 is 0. The van der Waals surface area contributed by atoms with Crippen molar-refractivity contribution in [1.82, 2.24) is 16.0 Å². The van der Waals surface area contributed by atoms with Gasteiger partial charge in [-0.1, -0.05) is 48.5 Å². The SMILES string of the molecule is CN=C(NCCC(=O)NCc1ccccc1)NCc1ccccc1OC. The van der Waals surface area contributed by atoms with E-state index in [1.807, 2.05) is 54.6 Å². The highest BCUT2D eigenvalue weighted by molar-refractivity contribution is 5.81. The highest BCUT2D eigenvalue weighted by Gasteiger charge is 2.05. The number of aliphatic imine (C=N–C) groups is 1. The maximum atomic E-state index is 11.9. The van der Waals surface area contributed by atoms with Crippen molar-refractivity contribution < 1.29 is 9.53 Å². The number of hydrogen-bond donors (Lipinski definition) is 3. The molecule has 0 aliphatic heterocycles. The molecule has 0 fully saturated rings. The van der Waals surface area contributed by atoms with Gasteiger partial charge in [0.2, 0.25) is 5.91 Å². The number of ether oxygens (including phenoxy) is 1. The van der Waals surface area contributed by atoms with Crippen molar-refractivity contribution in [2.75, 3.05) is 20.7 Å². The maximum Gasteiger partial charge on any atom is 0.222 e. The van der Waals surface area contributed by atoms with Gasteiger partial charge in [-0.25, -0.2) is 0 Å². The van der Waals surface area contributed by atoms with Gasteiger partial charge in [0.05, 0.1) is 7.11 Å². The first-order chi connectivity index (χ1) is 12.7. The molecule has 1 amide bonds. The molecular formula is C20H26N4O2. The van der Waals surface area contributed by atoms with E-state index in [0.717, 1.165) is 16.9 Å². The smallest absolute Gasteiger partial charge is 0.222 e. The summed E-state index contributed by atoms with van der Waals surface area (Å²) in [6.45, 7) is 1.64. The molecule has 0 unspecified atom stereocenters. The molecule has 0 bridgehead atoms. The van der Waals surface area contributed by atoms with Crippen LogP contribution in [0.5, 0.6) is 5.75 Å². The first kappa shape index (κ1) is 19.3.